The highest BCUT2D eigenvalue weighted by atomic mass is 31.2. The second kappa shape index (κ2) is 12.3. The molecular weight excluding hydrogens is 383 g/mol. The monoisotopic (exact) mass is 420 g/mol. The van der Waals surface area contributed by atoms with Gasteiger partial charge in [0.2, 0.25) is 0 Å². The van der Waals surface area contributed by atoms with Gasteiger partial charge in [-0.2, -0.15) is 0 Å². The van der Waals surface area contributed by atoms with Crippen molar-refractivity contribution in [3.05, 3.63) is 54.1 Å². The highest BCUT2D eigenvalue weighted by Crippen LogP contribution is 2.42. The van der Waals surface area contributed by atoms with E-state index in [1.807, 2.05) is 6.07 Å². The van der Waals surface area contributed by atoms with E-state index in [0.29, 0.717) is 12.1 Å². The standard InChI is InChI=1S/C23H37N2O3P/c1-2-17-23(24)18-9-4-3-6-12-21(13-10-19-23)14-11-20-28-29(26,27)25-22-15-7-5-8-16-22/h5,7-8,10,13,15-16,19H,2-4,6,9,11-12,14,17-18,20,24H2,1H3,(H2,25,26,27)/b19-10-,21-13+. The van der Waals surface area contributed by atoms with Crippen LogP contribution >= 0.6 is 7.75 Å². The summed E-state index contributed by atoms with van der Waals surface area (Å²) in [7, 11) is -3.84. The molecule has 0 saturated heterocycles. The minimum atomic E-state index is -3.84. The zero-order valence-electron chi connectivity index (χ0n) is 17.7. The molecule has 1 aliphatic carbocycles. The number of hydrogen-bond donors (Lipinski definition) is 3. The maximum Gasteiger partial charge on any atom is 0.430 e. The van der Waals surface area contributed by atoms with Crippen molar-refractivity contribution in [1.29, 1.82) is 0 Å². The minimum absolute atomic E-state index is 0.198. The van der Waals surface area contributed by atoms with Gasteiger partial charge in [-0.25, -0.2) is 4.57 Å². The first-order valence-electron chi connectivity index (χ1n) is 10.9. The smallest absolute Gasteiger partial charge is 0.322 e. The molecule has 0 saturated carbocycles. The Morgan fingerprint density at radius 3 is 2.72 bits per heavy atom. The number of nitrogens with two attached hydrogens (primary N) is 1. The Kier molecular flexibility index (Phi) is 10.2. The number of allylic oxidation sites excluding steroid dienone is 3. The van der Waals surface area contributed by atoms with E-state index in [0.717, 1.165) is 32.1 Å². The molecule has 0 bridgehead atoms. The Labute approximate surface area is 176 Å². The van der Waals surface area contributed by atoms with Crippen LogP contribution in [-0.2, 0) is 9.09 Å². The molecule has 2 rings (SSSR count). The average molecular weight is 421 g/mol. The lowest BCUT2D eigenvalue weighted by atomic mass is 9.88. The van der Waals surface area contributed by atoms with Gasteiger partial charge >= 0.3 is 7.75 Å². The largest absolute Gasteiger partial charge is 0.430 e. The van der Waals surface area contributed by atoms with Gasteiger partial charge in [0.15, 0.2) is 0 Å². The number of anilines is 1. The van der Waals surface area contributed by atoms with Crippen LogP contribution in [0.2, 0.25) is 0 Å². The molecule has 29 heavy (non-hydrogen) atoms. The fraction of sp³-hybridized carbons (Fsp3) is 0.565. The molecule has 2 atom stereocenters. The first-order valence-corrected chi connectivity index (χ1v) is 12.5. The molecule has 6 heteroatoms. The number of para-hydroxylation sites is 1. The van der Waals surface area contributed by atoms with E-state index in [2.05, 4.69) is 30.2 Å². The third-order valence-electron chi connectivity index (χ3n) is 5.32. The minimum Gasteiger partial charge on any atom is -0.322 e. The van der Waals surface area contributed by atoms with Crippen LogP contribution in [0.1, 0.15) is 71.1 Å². The fourth-order valence-electron chi connectivity index (χ4n) is 3.78. The van der Waals surface area contributed by atoms with Crippen LogP contribution in [0.25, 0.3) is 0 Å². The molecular formula is C23H37N2O3P. The van der Waals surface area contributed by atoms with Crippen LogP contribution in [0.3, 0.4) is 0 Å². The van der Waals surface area contributed by atoms with Crippen molar-refractivity contribution in [3.8, 4) is 0 Å². The number of nitrogens with one attached hydrogen (secondary N) is 1. The lowest BCUT2D eigenvalue weighted by Crippen LogP contribution is -2.37. The third kappa shape index (κ3) is 9.77. The van der Waals surface area contributed by atoms with E-state index < -0.39 is 7.75 Å². The Balaban J connectivity index is 1.84. The van der Waals surface area contributed by atoms with Gasteiger partial charge in [-0.1, -0.05) is 74.6 Å². The maximum atomic E-state index is 12.2. The lowest BCUT2D eigenvalue weighted by molar-refractivity contribution is 0.260. The SMILES string of the molecule is CCCC1(N)/C=C\C=C(\CCCOP(=O)(O)Nc2ccccc2)CCCCCC1. The van der Waals surface area contributed by atoms with Crippen LogP contribution < -0.4 is 10.8 Å². The van der Waals surface area contributed by atoms with Crippen molar-refractivity contribution in [2.24, 2.45) is 5.73 Å². The van der Waals surface area contributed by atoms with Crippen LogP contribution in [-0.4, -0.2) is 17.0 Å². The summed E-state index contributed by atoms with van der Waals surface area (Å²) in [6.45, 7) is 2.42. The first-order chi connectivity index (χ1) is 13.9. The van der Waals surface area contributed by atoms with E-state index in [1.54, 1.807) is 24.3 Å². The summed E-state index contributed by atoms with van der Waals surface area (Å²) in [4.78, 5) is 9.98. The summed E-state index contributed by atoms with van der Waals surface area (Å²) in [6, 6.07) is 8.94. The summed E-state index contributed by atoms with van der Waals surface area (Å²) in [5.41, 5.74) is 8.32. The third-order valence-corrected chi connectivity index (χ3v) is 6.39. The summed E-state index contributed by atoms with van der Waals surface area (Å²) in [5.74, 6) is 0. The van der Waals surface area contributed by atoms with E-state index in [1.165, 1.54) is 31.3 Å². The van der Waals surface area contributed by atoms with Crippen LogP contribution in [0.15, 0.2) is 54.1 Å². The van der Waals surface area contributed by atoms with Crippen LogP contribution in [0.4, 0.5) is 5.69 Å². The zero-order valence-corrected chi connectivity index (χ0v) is 18.6. The quantitative estimate of drug-likeness (QED) is 0.321. The number of rotatable bonds is 9. The maximum absolute atomic E-state index is 12.2. The molecule has 0 amide bonds. The molecule has 4 N–H and O–H groups in total. The van der Waals surface area contributed by atoms with Gasteiger partial charge in [0.1, 0.15) is 0 Å². The van der Waals surface area contributed by atoms with Gasteiger partial charge in [0.25, 0.3) is 0 Å². The van der Waals surface area contributed by atoms with Gasteiger partial charge in [0, 0.05) is 11.2 Å². The lowest BCUT2D eigenvalue weighted by Gasteiger charge is -2.25. The topological polar surface area (TPSA) is 84.6 Å². The van der Waals surface area contributed by atoms with Gasteiger partial charge < -0.3 is 10.6 Å². The molecule has 1 aromatic carbocycles. The second-order valence-electron chi connectivity index (χ2n) is 8.02. The van der Waals surface area contributed by atoms with Gasteiger partial charge in [-0.3, -0.25) is 9.61 Å². The summed E-state index contributed by atoms with van der Waals surface area (Å²) in [5, 5.41) is 2.57. The van der Waals surface area contributed by atoms with Crippen molar-refractivity contribution >= 4 is 13.4 Å². The molecule has 0 heterocycles. The summed E-state index contributed by atoms with van der Waals surface area (Å²) < 4.78 is 17.4. The van der Waals surface area contributed by atoms with Gasteiger partial charge in [0.05, 0.1) is 6.61 Å². The Hall–Kier alpha value is -1.39. The highest BCUT2D eigenvalue weighted by molar-refractivity contribution is 7.54. The van der Waals surface area contributed by atoms with E-state index >= 15 is 0 Å². The van der Waals surface area contributed by atoms with E-state index in [9.17, 15) is 9.46 Å². The molecule has 2 unspecified atom stereocenters. The van der Waals surface area contributed by atoms with Crippen LogP contribution in [0.5, 0.6) is 0 Å². The van der Waals surface area contributed by atoms with E-state index in [-0.39, 0.29) is 12.1 Å². The predicted molar refractivity (Wildman–Crippen MR) is 122 cm³/mol. The molecule has 0 radical (unpaired) electrons. The predicted octanol–water partition coefficient (Wildman–Crippen LogP) is 6.33. The molecule has 1 aliphatic rings. The Bertz CT molecular complexity index is 705. The zero-order chi connectivity index (χ0) is 21.0. The molecule has 0 aromatic heterocycles. The molecule has 0 aliphatic heterocycles. The number of hydrogen-bond acceptors (Lipinski definition) is 3. The van der Waals surface area contributed by atoms with E-state index in [4.69, 9.17) is 10.3 Å². The van der Waals surface area contributed by atoms with Gasteiger partial charge in [-0.15, -0.1) is 0 Å². The highest BCUT2D eigenvalue weighted by Gasteiger charge is 2.20. The molecule has 0 spiro atoms. The van der Waals surface area contributed by atoms with Crippen molar-refractivity contribution in [1.82, 2.24) is 0 Å². The van der Waals surface area contributed by atoms with Crippen molar-refractivity contribution in [2.45, 2.75) is 76.7 Å². The Morgan fingerprint density at radius 2 is 1.97 bits per heavy atom. The Morgan fingerprint density at radius 1 is 1.21 bits per heavy atom. The molecule has 162 valence electrons. The van der Waals surface area contributed by atoms with Crippen molar-refractivity contribution in [3.63, 3.8) is 0 Å². The molecule has 0 fully saturated rings. The van der Waals surface area contributed by atoms with Crippen molar-refractivity contribution in [2.75, 3.05) is 11.7 Å². The fourth-order valence-corrected chi connectivity index (χ4v) is 4.70. The molecule has 1 aromatic rings. The summed E-state index contributed by atoms with van der Waals surface area (Å²) in [6.07, 6.45) is 17.1. The first kappa shape index (κ1) is 23.9. The second-order valence-corrected chi connectivity index (χ2v) is 9.54. The van der Waals surface area contributed by atoms with Gasteiger partial charge in [-0.05, 0) is 50.7 Å². The van der Waals surface area contributed by atoms with Crippen molar-refractivity contribution < 1.29 is 14.0 Å². The normalized spacial score (nSPS) is 25.8. The van der Waals surface area contributed by atoms with Crippen LogP contribution in [0, 0.1) is 0 Å². The molecule has 5 nitrogen and oxygen atoms in total. The summed E-state index contributed by atoms with van der Waals surface area (Å²) >= 11 is 0. The number of benzene rings is 1. The average Bonchev–Trinajstić information content (AvgIpc) is 2.71.